The molecule has 168 valence electrons. The molecular formula is C27H42O3. The van der Waals surface area contributed by atoms with Crippen molar-refractivity contribution in [3.05, 3.63) is 11.6 Å². The van der Waals surface area contributed by atoms with Crippen LogP contribution in [-0.2, 0) is 14.3 Å². The minimum absolute atomic E-state index is 0.00675. The number of carbonyl (C=O) groups is 2. The highest BCUT2D eigenvalue weighted by atomic mass is 16.5. The van der Waals surface area contributed by atoms with Crippen LogP contribution in [0.2, 0.25) is 0 Å². The van der Waals surface area contributed by atoms with Gasteiger partial charge in [-0.25, -0.2) is 0 Å². The van der Waals surface area contributed by atoms with Crippen LogP contribution in [0.4, 0.5) is 0 Å². The van der Waals surface area contributed by atoms with Crippen molar-refractivity contribution >= 4 is 11.8 Å². The van der Waals surface area contributed by atoms with Crippen molar-refractivity contribution in [3.63, 3.8) is 0 Å². The van der Waals surface area contributed by atoms with Gasteiger partial charge in [0.15, 0.2) is 0 Å². The standard InChI is InChI=1S/C27H42O3/c1-4-5-6-7-8-9-25(29)30-20-14-16-26(2)19(18-20)10-11-21-22-12-13-24(28)27(22,3)17-15-23(21)26/h10,20-23H,4-9,11-18H2,1-3H3/t20-,21-,22-,23-,26-,27-/m0/s1. The molecule has 0 unspecified atom stereocenters. The zero-order valence-electron chi connectivity index (χ0n) is 19.5. The molecule has 4 rings (SSSR count). The van der Waals surface area contributed by atoms with Crippen molar-refractivity contribution in [2.75, 3.05) is 0 Å². The molecular weight excluding hydrogens is 372 g/mol. The fraction of sp³-hybridized carbons (Fsp3) is 0.852. The van der Waals surface area contributed by atoms with Crippen LogP contribution in [0.5, 0.6) is 0 Å². The van der Waals surface area contributed by atoms with Crippen LogP contribution < -0.4 is 0 Å². The summed E-state index contributed by atoms with van der Waals surface area (Å²) in [6, 6.07) is 0. The SMILES string of the molecule is CCCCCCCC(=O)O[C@H]1CC[C@@]2(C)C(=CC[C@@H]3[C@@H]2CC[C@]2(C)C(=O)CC[C@@H]32)C1. The van der Waals surface area contributed by atoms with E-state index in [4.69, 9.17) is 4.74 Å². The summed E-state index contributed by atoms with van der Waals surface area (Å²) in [7, 11) is 0. The van der Waals surface area contributed by atoms with Gasteiger partial charge in [-0.2, -0.15) is 0 Å². The summed E-state index contributed by atoms with van der Waals surface area (Å²) in [6.07, 6.45) is 17.3. The summed E-state index contributed by atoms with van der Waals surface area (Å²) in [5, 5.41) is 0. The number of ketones is 1. The first kappa shape index (κ1) is 22.1. The van der Waals surface area contributed by atoms with Crippen molar-refractivity contribution < 1.29 is 14.3 Å². The number of allylic oxidation sites excluding steroid dienone is 1. The number of rotatable bonds is 7. The van der Waals surface area contributed by atoms with E-state index in [2.05, 4.69) is 26.8 Å². The number of hydrogen-bond donors (Lipinski definition) is 0. The average molecular weight is 415 g/mol. The van der Waals surface area contributed by atoms with Crippen molar-refractivity contribution in [1.82, 2.24) is 0 Å². The monoisotopic (exact) mass is 414 g/mol. The Hall–Kier alpha value is -1.12. The van der Waals surface area contributed by atoms with Crippen molar-refractivity contribution in [2.24, 2.45) is 28.6 Å². The van der Waals surface area contributed by atoms with Gasteiger partial charge in [0.05, 0.1) is 0 Å². The van der Waals surface area contributed by atoms with E-state index in [-0.39, 0.29) is 22.9 Å². The Morgan fingerprint density at radius 1 is 1.03 bits per heavy atom. The maximum absolute atomic E-state index is 12.6. The molecule has 0 heterocycles. The maximum Gasteiger partial charge on any atom is 0.306 e. The summed E-state index contributed by atoms with van der Waals surface area (Å²) in [4.78, 5) is 24.9. The lowest BCUT2D eigenvalue weighted by molar-refractivity contribution is -0.151. The van der Waals surface area contributed by atoms with Gasteiger partial charge in [0.25, 0.3) is 0 Å². The first-order chi connectivity index (χ1) is 14.4. The average Bonchev–Trinajstić information content (AvgIpc) is 3.03. The molecule has 3 nitrogen and oxygen atoms in total. The molecule has 0 bridgehead atoms. The highest BCUT2D eigenvalue weighted by Crippen LogP contribution is 2.64. The van der Waals surface area contributed by atoms with E-state index in [1.807, 2.05) is 0 Å². The van der Waals surface area contributed by atoms with E-state index in [0.29, 0.717) is 30.0 Å². The summed E-state index contributed by atoms with van der Waals surface area (Å²) >= 11 is 0. The number of hydrogen-bond acceptors (Lipinski definition) is 3. The zero-order chi connectivity index (χ0) is 21.4. The lowest BCUT2D eigenvalue weighted by Gasteiger charge is -2.56. The number of Topliss-reactive ketones (excluding diaryl/α,β-unsaturated/α-hetero) is 1. The summed E-state index contributed by atoms with van der Waals surface area (Å²) in [5.74, 6) is 2.49. The Bertz CT molecular complexity index is 694. The van der Waals surface area contributed by atoms with Crippen LogP contribution in [0.25, 0.3) is 0 Å². The van der Waals surface area contributed by atoms with Crippen LogP contribution in [0, 0.1) is 28.6 Å². The lowest BCUT2D eigenvalue weighted by atomic mass is 9.48. The smallest absolute Gasteiger partial charge is 0.306 e. The van der Waals surface area contributed by atoms with Gasteiger partial charge in [-0.3, -0.25) is 9.59 Å². The number of carbonyl (C=O) groups excluding carboxylic acids is 2. The Morgan fingerprint density at radius 3 is 2.57 bits per heavy atom. The molecule has 4 aliphatic carbocycles. The second-order valence-corrected chi connectivity index (χ2v) is 11.2. The van der Waals surface area contributed by atoms with Crippen LogP contribution in [-0.4, -0.2) is 17.9 Å². The molecule has 6 atom stereocenters. The van der Waals surface area contributed by atoms with Gasteiger partial charge in [0.2, 0.25) is 0 Å². The highest BCUT2D eigenvalue weighted by molar-refractivity contribution is 5.87. The molecule has 0 spiro atoms. The maximum atomic E-state index is 12.6. The molecule has 0 aromatic carbocycles. The first-order valence-electron chi connectivity index (χ1n) is 12.8. The zero-order valence-corrected chi connectivity index (χ0v) is 19.5. The van der Waals surface area contributed by atoms with Gasteiger partial charge in [0.1, 0.15) is 11.9 Å². The lowest BCUT2D eigenvalue weighted by Crippen LogP contribution is -2.50. The van der Waals surface area contributed by atoms with Crippen molar-refractivity contribution in [1.29, 1.82) is 0 Å². The summed E-state index contributed by atoms with van der Waals surface area (Å²) in [5.41, 5.74) is 1.75. The molecule has 0 N–H and O–H groups in total. The third-order valence-electron chi connectivity index (χ3n) is 9.55. The highest BCUT2D eigenvalue weighted by Gasteiger charge is 2.58. The van der Waals surface area contributed by atoms with Crippen LogP contribution in [0.3, 0.4) is 0 Å². The van der Waals surface area contributed by atoms with Gasteiger partial charge in [0, 0.05) is 24.7 Å². The molecule has 0 aromatic rings. The molecule has 0 amide bonds. The fourth-order valence-electron chi connectivity index (χ4n) is 7.62. The van der Waals surface area contributed by atoms with E-state index in [1.165, 1.54) is 25.7 Å². The van der Waals surface area contributed by atoms with E-state index >= 15 is 0 Å². The molecule has 3 saturated carbocycles. The normalized spacial score (nSPS) is 40.2. The summed E-state index contributed by atoms with van der Waals surface area (Å²) < 4.78 is 5.90. The van der Waals surface area contributed by atoms with Gasteiger partial charge in [-0.05, 0) is 68.1 Å². The molecule has 3 heteroatoms. The fourth-order valence-corrected chi connectivity index (χ4v) is 7.62. The topological polar surface area (TPSA) is 43.4 Å². The molecule has 0 saturated heterocycles. The Kier molecular flexibility index (Phi) is 6.47. The molecule has 4 aliphatic rings. The van der Waals surface area contributed by atoms with Crippen molar-refractivity contribution in [2.45, 2.75) is 117 Å². The minimum Gasteiger partial charge on any atom is -0.462 e. The quantitative estimate of drug-likeness (QED) is 0.262. The summed E-state index contributed by atoms with van der Waals surface area (Å²) in [6.45, 7) is 6.94. The number of unbranched alkanes of at least 4 members (excludes halogenated alkanes) is 4. The van der Waals surface area contributed by atoms with Crippen LogP contribution in [0.15, 0.2) is 11.6 Å². The Morgan fingerprint density at radius 2 is 1.77 bits per heavy atom. The van der Waals surface area contributed by atoms with E-state index < -0.39 is 0 Å². The number of fused-ring (bicyclic) bond motifs is 5. The third kappa shape index (κ3) is 3.91. The van der Waals surface area contributed by atoms with E-state index in [9.17, 15) is 9.59 Å². The largest absolute Gasteiger partial charge is 0.462 e. The van der Waals surface area contributed by atoms with Gasteiger partial charge in [-0.15, -0.1) is 0 Å². The third-order valence-corrected chi connectivity index (χ3v) is 9.55. The van der Waals surface area contributed by atoms with Gasteiger partial charge in [-0.1, -0.05) is 58.1 Å². The molecule has 0 aromatic heterocycles. The molecule has 0 radical (unpaired) electrons. The second kappa shape index (κ2) is 8.79. The minimum atomic E-state index is -0.0489. The van der Waals surface area contributed by atoms with Crippen molar-refractivity contribution in [3.8, 4) is 0 Å². The first-order valence-corrected chi connectivity index (χ1v) is 12.8. The van der Waals surface area contributed by atoms with E-state index in [1.54, 1.807) is 5.57 Å². The predicted octanol–water partition coefficient (Wildman–Crippen LogP) is 6.79. The van der Waals surface area contributed by atoms with Crippen LogP contribution in [0.1, 0.15) is 111 Å². The van der Waals surface area contributed by atoms with Gasteiger partial charge >= 0.3 is 5.97 Å². The molecule has 3 fully saturated rings. The number of ether oxygens (including phenoxy) is 1. The van der Waals surface area contributed by atoms with E-state index in [0.717, 1.165) is 57.8 Å². The Balaban J connectivity index is 1.35. The van der Waals surface area contributed by atoms with Gasteiger partial charge < -0.3 is 4.74 Å². The number of esters is 1. The predicted molar refractivity (Wildman–Crippen MR) is 120 cm³/mol. The Labute approximate surface area is 183 Å². The molecule has 30 heavy (non-hydrogen) atoms. The molecule has 0 aliphatic heterocycles. The second-order valence-electron chi connectivity index (χ2n) is 11.2. The van der Waals surface area contributed by atoms with Crippen LogP contribution >= 0.6 is 0 Å².